The number of aromatic nitrogens is 1. The zero-order valence-corrected chi connectivity index (χ0v) is 13.1. The van der Waals surface area contributed by atoms with Gasteiger partial charge in [0.25, 0.3) is 5.91 Å². The lowest BCUT2D eigenvalue weighted by molar-refractivity contribution is 0.0937. The van der Waals surface area contributed by atoms with Crippen molar-refractivity contribution in [3.05, 3.63) is 23.4 Å². The Bertz CT molecular complexity index is 432. The van der Waals surface area contributed by atoms with Crippen molar-refractivity contribution >= 4 is 11.7 Å². The number of amides is 1. The van der Waals surface area contributed by atoms with Crippen LogP contribution in [0.1, 0.15) is 62.5 Å². The first-order chi connectivity index (χ1) is 9.56. The molecule has 1 atom stereocenters. The van der Waals surface area contributed by atoms with E-state index in [9.17, 15) is 4.79 Å². The molecule has 0 aliphatic carbocycles. The van der Waals surface area contributed by atoms with Crippen molar-refractivity contribution in [3.8, 4) is 0 Å². The first-order valence-corrected chi connectivity index (χ1v) is 7.60. The molecule has 0 fully saturated rings. The van der Waals surface area contributed by atoms with Crippen molar-refractivity contribution in [2.75, 3.05) is 11.9 Å². The molecule has 0 saturated carbocycles. The molecule has 0 saturated heterocycles. The van der Waals surface area contributed by atoms with Crippen molar-refractivity contribution in [2.24, 2.45) is 0 Å². The number of nitrogens with zero attached hydrogens (tertiary/aromatic N) is 1. The van der Waals surface area contributed by atoms with Crippen LogP contribution in [0.3, 0.4) is 0 Å². The maximum absolute atomic E-state index is 12.2. The molecule has 1 heterocycles. The van der Waals surface area contributed by atoms with Crippen LogP contribution in [0, 0.1) is 6.92 Å². The highest BCUT2D eigenvalue weighted by molar-refractivity contribution is 5.95. The Morgan fingerprint density at radius 1 is 1.30 bits per heavy atom. The van der Waals surface area contributed by atoms with Gasteiger partial charge in [-0.05, 0) is 39.3 Å². The summed E-state index contributed by atoms with van der Waals surface area (Å²) in [6, 6.07) is 3.85. The molecule has 0 spiro atoms. The van der Waals surface area contributed by atoms with Gasteiger partial charge in [-0.15, -0.1) is 0 Å². The van der Waals surface area contributed by atoms with Gasteiger partial charge < -0.3 is 10.6 Å². The largest absolute Gasteiger partial charge is 0.370 e. The van der Waals surface area contributed by atoms with Gasteiger partial charge >= 0.3 is 0 Å². The topological polar surface area (TPSA) is 54.0 Å². The van der Waals surface area contributed by atoms with Crippen LogP contribution in [0.4, 0.5) is 5.82 Å². The van der Waals surface area contributed by atoms with Crippen LogP contribution >= 0.6 is 0 Å². The lowest BCUT2D eigenvalue weighted by Gasteiger charge is -2.14. The highest BCUT2D eigenvalue weighted by Crippen LogP contribution is 2.11. The Morgan fingerprint density at radius 3 is 2.70 bits per heavy atom. The number of carbonyl (C=O) groups excluding carboxylic acids is 1. The van der Waals surface area contributed by atoms with Crippen molar-refractivity contribution < 1.29 is 4.79 Å². The van der Waals surface area contributed by atoms with Gasteiger partial charge in [0, 0.05) is 23.8 Å². The van der Waals surface area contributed by atoms with E-state index in [0.29, 0.717) is 5.56 Å². The van der Waals surface area contributed by atoms with Crippen LogP contribution in [0.5, 0.6) is 0 Å². The van der Waals surface area contributed by atoms with E-state index >= 15 is 0 Å². The summed E-state index contributed by atoms with van der Waals surface area (Å²) in [6.45, 7) is 8.96. The molecule has 1 unspecified atom stereocenters. The maximum atomic E-state index is 12.2. The predicted molar refractivity (Wildman–Crippen MR) is 84.2 cm³/mol. The summed E-state index contributed by atoms with van der Waals surface area (Å²) < 4.78 is 0. The van der Waals surface area contributed by atoms with E-state index in [-0.39, 0.29) is 11.9 Å². The molecule has 112 valence electrons. The third-order valence-electron chi connectivity index (χ3n) is 3.19. The van der Waals surface area contributed by atoms with Gasteiger partial charge in [-0.1, -0.05) is 26.2 Å². The van der Waals surface area contributed by atoms with E-state index in [2.05, 4.69) is 29.5 Å². The third kappa shape index (κ3) is 5.59. The van der Waals surface area contributed by atoms with Gasteiger partial charge in [0.2, 0.25) is 0 Å². The zero-order chi connectivity index (χ0) is 15.0. The smallest absolute Gasteiger partial charge is 0.251 e. The lowest BCUT2D eigenvalue weighted by atomic mass is 10.1. The molecule has 20 heavy (non-hydrogen) atoms. The highest BCUT2D eigenvalue weighted by atomic mass is 16.1. The number of rotatable bonds is 8. The number of pyridine rings is 1. The molecule has 1 amide bonds. The first kappa shape index (κ1) is 16.5. The fourth-order valence-electron chi connectivity index (χ4n) is 2.15. The number of nitrogens with one attached hydrogen (secondary N) is 2. The van der Waals surface area contributed by atoms with E-state index in [0.717, 1.165) is 30.9 Å². The molecule has 4 nitrogen and oxygen atoms in total. The van der Waals surface area contributed by atoms with Gasteiger partial charge in [-0.25, -0.2) is 4.98 Å². The molecule has 1 aromatic rings. The standard InChI is InChI=1S/C16H27N3O/c1-5-7-8-9-12(3)19-16(20)14-10-13(4)18-15(11-14)17-6-2/h10-12H,5-9H2,1-4H3,(H,17,18)(H,19,20). The molecular formula is C16H27N3O. The SMILES string of the molecule is CCCCCC(C)NC(=O)c1cc(C)nc(NCC)c1. The average Bonchev–Trinajstić information content (AvgIpc) is 2.38. The second-order valence-electron chi connectivity index (χ2n) is 5.28. The van der Waals surface area contributed by atoms with E-state index in [1.165, 1.54) is 12.8 Å². The quantitative estimate of drug-likeness (QED) is 0.715. The summed E-state index contributed by atoms with van der Waals surface area (Å²) in [7, 11) is 0. The van der Waals surface area contributed by atoms with Crippen molar-refractivity contribution in [3.63, 3.8) is 0 Å². The van der Waals surface area contributed by atoms with Gasteiger partial charge in [0.05, 0.1) is 0 Å². The second kappa shape index (κ2) is 8.56. The first-order valence-electron chi connectivity index (χ1n) is 7.60. The monoisotopic (exact) mass is 277 g/mol. The molecular weight excluding hydrogens is 250 g/mol. The summed E-state index contributed by atoms with van der Waals surface area (Å²) >= 11 is 0. The normalized spacial score (nSPS) is 12.0. The minimum Gasteiger partial charge on any atom is -0.370 e. The number of anilines is 1. The van der Waals surface area contributed by atoms with E-state index in [1.807, 2.05) is 26.0 Å². The Labute approximate surface area is 122 Å². The molecule has 0 aromatic carbocycles. The van der Waals surface area contributed by atoms with Crippen LogP contribution in [0.15, 0.2) is 12.1 Å². The van der Waals surface area contributed by atoms with E-state index < -0.39 is 0 Å². The van der Waals surface area contributed by atoms with E-state index in [1.54, 1.807) is 0 Å². The molecule has 4 heteroatoms. The average molecular weight is 277 g/mol. The second-order valence-corrected chi connectivity index (χ2v) is 5.28. The third-order valence-corrected chi connectivity index (χ3v) is 3.19. The van der Waals surface area contributed by atoms with Gasteiger partial charge in [-0.2, -0.15) is 0 Å². The fraction of sp³-hybridized carbons (Fsp3) is 0.625. The molecule has 0 bridgehead atoms. The Balaban J connectivity index is 2.62. The molecule has 0 radical (unpaired) electrons. The van der Waals surface area contributed by atoms with E-state index in [4.69, 9.17) is 0 Å². The zero-order valence-electron chi connectivity index (χ0n) is 13.1. The summed E-state index contributed by atoms with van der Waals surface area (Å²) in [4.78, 5) is 16.6. The number of aryl methyl sites for hydroxylation is 1. The lowest BCUT2D eigenvalue weighted by Crippen LogP contribution is -2.32. The Kier molecular flexibility index (Phi) is 7.05. The van der Waals surface area contributed by atoms with Gasteiger partial charge in [0.1, 0.15) is 5.82 Å². The maximum Gasteiger partial charge on any atom is 0.251 e. The van der Waals surface area contributed by atoms with Crippen LogP contribution in [-0.4, -0.2) is 23.5 Å². The molecule has 0 aliphatic heterocycles. The Hall–Kier alpha value is -1.58. The van der Waals surface area contributed by atoms with Crippen LogP contribution < -0.4 is 10.6 Å². The van der Waals surface area contributed by atoms with Crippen molar-refractivity contribution in [1.29, 1.82) is 0 Å². The summed E-state index contributed by atoms with van der Waals surface area (Å²) in [6.07, 6.45) is 4.62. The van der Waals surface area contributed by atoms with Crippen LogP contribution in [0.25, 0.3) is 0 Å². The number of hydrogen-bond acceptors (Lipinski definition) is 3. The van der Waals surface area contributed by atoms with Crippen molar-refractivity contribution in [1.82, 2.24) is 10.3 Å². The molecule has 0 aliphatic rings. The van der Waals surface area contributed by atoms with Gasteiger partial charge in [-0.3, -0.25) is 4.79 Å². The summed E-state index contributed by atoms with van der Waals surface area (Å²) in [5, 5.41) is 6.20. The fourth-order valence-corrected chi connectivity index (χ4v) is 2.15. The summed E-state index contributed by atoms with van der Waals surface area (Å²) in [5.41, 5.74) is 1.53. The van der Waals surface area contributed by atoms with Crippen LogP contribution in [-0.2, 0) is 0 Å². The number of hydrogen-bond donors (Lipinski definition) is 2. The molecule has 2 N–H and O–H groups in total. The number of carbonyl (C=O) groups is 1. The minimum absolute atomic E-state index is 0.0151. The van der Waals surface area contributed by atoms with Crippen LogP contribution in [0.2, 0.25) is 0 Å². The summed E-state index contributed by atoms with van der Waals surface area (Å²) in [5.74, 6) is 0.745. The molecule has 1 aromatic heterocycles. The number of unbranched alkanes of at least 4 members (excludes halogenated alkanes) is 2. The molecule has 1 rings (SSSR count). The highest BCUT2D eigenvalue weighted by Gasteiger charge is 2.11. The minimum atomic E-state index is -0.0151. The van der Waals surface area contributed by atoms with Gasteiger partial charge in [0.15, 0.2) is 0 Å². The van der Waals surface area contributed by atoms with Crippen molar-refractivity contribution in [2.45, 2.75) is 59.4 Å². The Morgan fingerprint density at radius 2 is 2.05 bits per heavy atom. The predicted octanol–water partition coefficient (Wildman–Crippen LogP) is 3.52.